The van der Waals surface area contributed by atoms with E-state index < -0.39 is 16.8 Å². The highest BCUT2D eigenvalue weighted by Gasteiger charge is 2.14. The molecule has 0 saturated heterocycles. The molecule has 0 unspecified atom stereocenters. The first-order chi connectivity index (χ1) is 9.95. The lowest BCUT2D eigenvalue weighted by molar-refractivity contribution is -0.385. The van der Waals surface area contributed by atoms with Gasteiger partial charge in [-0.05, 0) is 25.5 Å². The van der Waals surface area contributed by atoms with Gasteiger partial charge in [-0.25, -0.2) is 0 Å². The van der Waals surface area contributed by atoms with Crippen molar-refractivity contribution in [1.82, 2.24) is 5.32 Å². The maximum Gasteiger partial charge on any atom is 0.325 e. The molecule has 7 heteroatoms. The zero-order valence-corrected chi connectivity index (χ0v) is 12.0. The quantitative estimate of drug-likeness (QED) is 0.359. The molecule has 0 saturated carbocycles. The van der Waals surface area contributed by atoms with Crippen LogP contribution in [0.15, 0.2) is 18.2 Å². The molecule has 1 amide bonds. The SMILES string of the molecule is CCCCOC(=O)CNC(=O)c1ccc([N+](=O)[O-])c(C)c1. The number of nitrogens with zero attached hydrogens (tertiary/aromatic N) is 1. The van der Waals surface area contributed by atoms with E-state index in [1.807, 2.05) is 6.92 Å². The predicted molar refractivity (Wildman–Crippen MR) is 76.0 cm³/mol. The minimum absolute atomic E-state index is 0.0504. The normalized spacial score (nSPS) is 10.0. The van der Waals surface area contributed by atoms with Crippen molar-refractivity contribution in [1.29, 1.82) is 0 Å². The third-order valence-electron chi connectivity index (χ3n) is 2.81. The van der Waals surface area contributed by atoms with Crippen molar-refractivity contribution < 1.29 is 19.2 Å². The lowest BCUT2D eigenvalue weighted by Crippen LogP contribution is -2.30. The average Bonchev–Trinajstić information content (AvgIpc) is 2.44. The Morgan fingerprint density at radius 1 is 1.38 bits per heavy atom. The van der Waals surface area contributed by atoms with Crippen LogP contribution in [0.3, 0.4) is 0 Å². The molecule has 0 radical (unpaired) electrons. The Morgan fingerprint density at radius 3 is 2.67 bits per heavy atom. The summed E-state index contributed by atoms with van der Waals surface area (Å²) in [4.78, 5) is 33.3. The Morgan fingerprint density at radius 2 is 2.10 bits per heavy atom. The third kappa shape index (κ3) is 5.21. The number of carbonyl (C=O) groups excluding carboxylic acids is 2. The zero-order chi connectivity index (χ0) is 15.8. The molecular formula is C14H18N2O5. The van der Waals surface area contributed by atoms with Gasteiger partial charge in [0.25, 0.3) is 11.6 Å². The summed E-state index contributed by atoms with van der Waals surface area (Å²) in [6.45, 7) is 3.64. The number of aryl methyl sites for hydroxylation is 1. The number of nitrogens with one attached hydrogen (secondary N) is 1. The molecule has 7 nitrogen and oxygen atoms in total. The second-order valence-corrected chi connectivity index (χ2v) is 4.52. The fraction of sp³-hybridized carbons (Fsp3) is 0.429. The van der Waals surface area contributed by atoms with Crippen molar-refractivity contribution in [3.05, 3.63) is 39.4 Å². The number of amides is 1. The summed E-state index contributed by atoms with van der Waals surface area (Å²) < 4.78 is 4.90. The van der Waals surface area contributed by atoms with Gasteiger partial charge in [0.05, 0.1) is 11.5 Å². The van der Waals surface area contributed by atoms with Crippen LogP contribution in [0.5, 0.6) is 0 Å². The van der Waals surface area contributed by atoms with E-state index in [1.54, 1.807) is 6.92 Å². The Bertz CT molecular complexity index is 542. The Balaban J connectivity index is 2.54. The zero-order valence-electron chi connectivity index (χ0n) is 12.0. The first-order valence-corrected chi connectivity index (χ1v) is 6.64. The smallest absolute Gasteiger partial charge is 0.325 e. The molecule has 0 heterocycles. The molecule has 1 N–H and O–H groups in total. The number of ether oxygens (including phenoxy) is 1. The number of unbranched alkanes of at least 4 members (excludes halogenated alkanes) is 1. The number of hydrogen-bond acceptors (Lipinski definition) is 5. The van der Waals surface area contributed by atoms with Gasteiger partial charge < -0.3 is 10.1 Å². The van der Waals surface area contributed by atoms with E-state index in [1.165, 1.54) is 18.2 Å². The van der Waals surface area contributed by atoms with Crippen LogP contribution in [0.25, 0.3) is 0 Å². The van der Waals surface area contributed by atoms with E-state index in [2.05, 4.69) is 5.32 Å². The molecule has 1 aromatic carbocycles. The van der Waals surface area contributed by atoms with Crippen LogP contribution in [0.4, 0.5) is 5.69 Å². The van der Waals surface area contributed by atoms with Crippen LogP contribution in [0.2, 0.25) is 0 Å². The van der Waals surface area contributed by atoms with Crippen LogP contribution in [0.1, 0.15) is 35.7 Å². The van der Waals surface area contributed by atoms with Crippen molar-refractivity contribution >= 4 is 17.6 Å². The summed E-state index contributed by atoms with van der Waals surface area (Å²) in [7, 11) is 0. The fourth-order valence-corrected chi connectivity index (χ4v) is 1.64. The van der Waals surface area contributed by atoms with Crippen molar-refractivity contribution in [2.75, 3.05) is 13.2 Å². The van der Waals surface area contributed by atoms with Crippen molar-refractivity contribution in [2.45, 2.75) is 26.7 Å². The molecule has 1 aromatic rings. The summed E-state index contributed by atoms with van der Waals surface area (Å²) in [5.74, 6) is -0.976. The summed E-state index contributed by atoms with van der Waals surface area (Å²) in [5, 5.41) is 13.1. The van der Waals surface area contributed by atoms with Crippen molar-refractivity contribution in [3.63, 3.8) is 0 Å². The highest BCUT2D eigenvalue weighted by atomic mass is 16.6. The van der Waals surface area contributed by atoms with Crippen LogP contribution in [-0.2, 0) is 9.53 Å². The predicted octanol–water partition coefficient (Wildman–Crippen LogP) is 1.98. The first kappa shape index (κ1) is 16.6. The molecule has 0 atom stereocenters. The van der Waals surface area contributed by atoms with Gasteiger partial charge >= 0.3 is 5.97 Å². The summed E-state index contributed by atoms with van der Waals surface area (Å²) in [6, 6.07) is 4.03. The molecule has 0 bridgehead atoms. The molecule has 0 fully saturated rings. The highest BCUT2D eigenvalue weighted by Crippen LogP contribution is 2.18. The van der Waals surface area contributed by atoms with Crippen LogP contribution in [-0.4, -0.2) is 30.0 Å². The van der Waals surface area contributed by atoms with E-state index >= 15 is 0 Å². The summed E-state index contributed by atoms with van der Waals surface area (Å²) in [6.07, 6.45) is 1.70. The van der Waals surface area contributed by atoms with Crippen molar-refractivity contribution in [2.24, 2.45) is 0 Å². The largest absolute Gasteiger partial charge is 0.464 e. The minimum Gasteiger partial charge on any atom is -0.464 e. The molecule has 0 aliphatic rings. The summed E-state index contributed by atoms with van der Waals surface area (Å²) >= 11 is 0. The molecular weight excluding hydrogens is 276 g/mol. The first-order valence-electron chi connectivity index (χ1n) is 6.64. The Hall–Kier alpha value is -2.44. The second kappa shape index (κ2) is 7.98. The van der Waals surface area contributed by atoms with Gasteiger partial charge in [-0.2, -0.15) is 0 Å². The second-order valence-electron chi connectivity index (χ2n) is 4.52. The summed E-state index contributed by atoms with van der Waals surface area (Å²) in [5.41, 5.74) is 0.600. The Kier molecular flexibility index (Phi) is 6.32. The average molecular weight is 294 g/mol. The number of hydrogen-bond donors (Lipinski definition) is 1. The lowest BCUT2D eigenvalue weighted by Gasteiger charge is -2.06. The number of nitro benzene ring substituents is 1. The molecule has 0 aliphatic heterocycles. The van der Waals surface area contributed by atoms with Gasteiger partial charge in [0.2, 0.25) is 0 Å². The van der Waals surface area contributed by atoms with E-state index in [-0.39, 0.29) is 17.8 Å². The molecule has 1 rings (SSSR count). The lowest BCUT2D eigenvalue weighted by atomic mass is 10.1. The number of nitro groups is 1. The monoisotopic (exact) mass is 294 g/mol. The number of carbonyl (C=O) groups is 2. The van der Waals surface area contributed by atoms with Gasteiger partial charge in [-0.15, -0.1) is 0 Å². The molecule has 21 heavy (non-hydrogen) atoms. The molecule has 0 aliphatic carbocycles. The third-order valence-corrected chi connectivity index (χ3v) is 2.81. The highest BCUT2D eigenvalue weighted by molar-refractivity contribution is 5.96. The van der Waals surface area contributed by atoms with Gasteiger partial charge in [0.15, 0.2) is 0 Å². The fourth-order valence-electron chi connectivity index (χ4n) is 1.64. The van der Waals surface area contributed by atoms with Crippen molar-refractivity contribution in [3.8, 4) is 0 Å². The maximum atomic E-state index is 11.8. The van der Waals surface area contributed by atoms with Crippen LogP contribution >= 0.6 is 0 Å². The van der Waals surface area contributed by atoms with E-state index in [0.29, 0.717) is 12.2 Å². The molecule has 0 spiro atoms. The maximum absolute atomic E-state index is 11.8. The van der Waals surface area contributed by atoms with Gasteiger partial charge in [0, 0.05) is 17.2 Å². The Labute approximate surface area is 122 Å². The van der Waals surface area contributed by atoms with Gasteiger partial charge in [-0.1, -0.05) is 13.3 Å². The van der Waals surface area contributed by atoms with E-state index in [4.69, 9.17) is 4.74 Å². The number of benzene rings is 1. The van der Waals surface area contributed by atoms with E-state index in [0.717, 1.165) is 12.8 Å². The molecule has 114 valence electrons. The van der Waals surface area contributed by atoms with E-state index in [9.17, 15) is 19.7 Å². The number of rotatable bonds is 7. The minimum atomic E-state index is -0.512. The standard InChI is InChI=1S/C14H18N2O5/c1-3-4-7-21-13(17)9-15-14(18)11-5-6-12(16(19)20)10(2)8-11/h5-6,8H,3-4,7,9H2,1-2H3,(H,15,18). The topological polar surface area (TPSA) is 98.5 Å². The van der Waals surface area contributed by atoms with Crippen LogP contribution in [0, 0.1) is 17.0 Å². The van der Waals surface area contributed by atoms with Gasteiger partial charge in [-0.3, -0.25) is 19.7 Å². The van der Waals surface area contributed by atoms with Gasteiger partial charge in [0.1, 0.15) is 6.54 Å². The number of esters is 1. The van der Waals surface area contributed by atoms with Crippen LogP contribution < -0.4 is 5.32 Å². The molecule has 0 aromatic heterocycles.